The molecule has 0 aromatic heterocycles. The standard InChI is InChI=1S/C24H22N2O4/c1-28-16-7-5-6-15(12-16)24-26-21(18-8-3-4-9-23(18)30-24)14-20(25-26)19-13-17(29-2)10-11-22(19)27/h3-13,21,24,27H,14H2,1-2H3/t21-,24-/m1/s1. The third-order valence-electron chi connectivity index (χ3n) is 5.59. The van der Waals surface area contributed by atoms with E-state index in [-0.39, 0.29) is 11.8 Å². The number of ether oxygens (including phenoxy) is 3. The van der Waals surface area contributed by atoms with Crippen LogP contribution in [0.3, 0.4) is 0 Å². The molecule has 3 aromatic rings. The molecule has 0 aliphatic carbocycles. The summed E-state index contributed by atoms with van der Waals surface area (Å²) in [6.07, 6.45) is 0.256. The Kier molecular flexibility index (Phi) is 4.47. The van der Waals surface area contributed by atoms with Crippen molar-refractivity contribution in [2.24, 2.45) is 5.10 Å². The van der Waals surface area contributed by atoms with Gasteiger partial charge in [0.25, 0.3) is 0 Å². The summed E-state index contributed by atoms with van der Waals surface area (Å²) in [6.45, 7) is 0. The van der Waals surface area contributed by atoms with Gasteiger partial charge >= 0.3 is 0 Å². The second-order valence-electron chi connectivity index (χ2n) is 7.31. The smallest absolute Gasteiger partial charge is 0.214 e. The first-order valence-corrected chi connectivity index (χ1v) is 9.80. The third-order valence-corrected chi connectivity index (χ3v) is 5.59. The normalized spacial score (nSPS) is 19.4. The number of nitrogens with zero attached hydrogens (tertiary/aromatic N) is 2. The van der Waals surface area contributed by atoms with E-state index in [0.717, 1.165) is 28.3 Å². The maximum atomic E-state index is 10.5. The zero-order valence-electron chi connectivity index (χ0n) is 16.8. The van der Waals surface area contributed by atoms with Crippen molar-refractivity contribution in [3.8, 4) is 23.0 Å². The minimum absolute atomic E-state index is 0.00625. The van der Waals surface area contributed by atoms with Crippen molar-refractivity contribution in [3.05, 3.63) is 83.4 Å². The molecule has 0 saturated heterocycles. The van der Waals surface area contributed by atoms with Gasteiger partial charge in [-0.1, -0.05) is 30.3 Å². The molecule has 0 radical (unpaired) electrons. The van der Waals surface area contributed by atoms with E-state index < -0.39 is 6.23 Å². The van der Waals surface area contributed by atoms with Crippen molar-refractivity contribution in [3.63, 3.8) is 0 Å². The zero-order valence-corrected chi connectivity index (χ0v) is 16.8. The topological polar surface area (TPSA) is 63.5 Å². The predicted molar refractivity (Wildman–Crippen MR) is 113 cm³/mol. The number of fused-ring (bicyclic) bond motifs is 3. The average molecular weight is 402 g/mol. The molecule has 5 rings (SSSR count). The number of phenols is 1. The lowest BCUT2D eigenvalue weighted by Crippen LogP contribution is -2.33. The number of hydrogen-bond acceptors (Lipinski definition) is 6. The number of rotatable bonds is 4. The summed E-state index contributed by atoms with van der Waals surface area (Å²) in [7, 11) is 3.26. The number of benzene rings is 3. The van der Waals surface area contributed by atoms with Crippen LogP contribution in [0.2, 0.25) is 0 Å². The summed E-state index contributed by atoms with van der Waals surface area (Å²) in [5, 5.41) is 17.3. The lowest BCUT2D eigenvalue weighted by atomic mass is 9.95. The van der Waals surface area contributed by atoms with Gasteiger partial charge in [0.2, 0.25) is 6.23 Å². The summed E-state index contributed by atoms with van der Waals surface area (Å²) in [4.78, 5) is 0. The highest BCUT2D eigenvalue weighted by Gasteiger charge is 2.41. The molecule has 6 heteroatoms. The molecule has 2 heterocycles. The first kappa shape index (κ1) is 18.4. The van der Waals surface area contributed by atoms with Crippen LogP contribution < -0.4 is 14.2 Å². The highest BCUT2D eigenvalue weighted by atomic mass is 16.5. The summed E-state index contributed by atoms with van der Waals surface area (Å²) in [5.74, 6) is 2.47. The van der Waals surface area contributed by atoms with Gasteiger partial charge in [-0.25, -0.2) is 5.01 Å². The maximum Gasteiger partial charge on any atom is 0.214 e. The number of para-hydroxylation sites is 1. The Balaban J connectivity index is 1.60. The predicted octanol–water partition coefficient (Wildman–Crippen LogP) is 4.65. The number of phenolic OH excluding ortho intramolecular Hbond substituents is 1. The fraction of sp³-hybridized carbons (Fsp3) is 0.208. The van der Waals surface area contributed by atoms with Gasteiger partial charge in [0.05, 0.1) is 26.0 Å². The second-order valence-corrected chi connectivity index (χ2v) is 7.31. The molecule has 2 aliphatic heterocycles. The molecule has 0 bridgehead atoms. The van der Waals surface area contributed by atoms with Gasteiger partial charge in [-0.15, -0.1) is 0 Å². The van der Waals surface area contributed by atoms with E-state index in [1.54, 1.807) is 26.4 Å². The Morgan fingerprint density at radius 1 is 0.967 bits per heavy atom. The average Bonchev–Trinajstić information content (AvgIpc) is 3.24. The van der Waals surface area contributed by atoms with E-state index >= 15 is 0 Å². The molecule has 2 aliphatic rings. The van der Waals surface area contributed by atoms with Gasteiger partial charge in [-0.2, -0.15) is 5.10 Å². The van der Waals surface area contributed by atoms with Crippen LogP contribution in [-0.4, -0.2) is 30.0 Å². The zero-order chi connectivity index (χ0) is 20.7. The molecular formula is C24H22N2O4. The summed E-state index contributed by atoms with van der Waals surface area (Å²) >= 11 is 0. The van der Waals surface area contributed by atoms with Crippen molar-refractivity contribution >= 4 is 5.71 Å². The molecule has 0 spiro atoms. The van der Waals surface area contributed by atoms with E-state index in [4.69, 9.17) is 19.3 Å². The van der Waals surface area contributed by atoms with Crippen molar-refractivity contribution in [1.29, 1.82) is 0 Å². The molecule has 0 saturated carbocycles. The molecule has 3 aromatic carbocycles. The Bertz CT molecular complexity index is 1130. The van der Waals surface area contributed by atoms with E-state index in [9.17, 15) is 5.11 Å². The third kappa shape index (κ3) is 3.01. The van der Waals surface area contributed by atoms with Crippen molar-refractivity contribution in [1.82, 2.24) is 5.01 Å². The molecule has 152 valence electrons. The van der Waals surface area contributed by atoms with Crippen molar-refractivity contribution in [2.75, 3.05) is 14.2 Å². The summed E-state index contributed by atoms with van der Waals surface area (Å²) < 4.78 is 17.1. The molecule has 1 N–H and O–H groups in total. The van der Waals surface area contributed by atoms with E-state index in [1.807, 2.05) is 53.5 Å². The van der Waals surface area contributed by atoms with Crippen LogP contribution in [0.4, 0.5) is 0 Å². The summed E-state index contributed by atoms with van der Waals surface area (Å²) in [6, 6.07) is 21.1. The van der Waals surface area contributed by atoms with Gasteiger partial charge in [-0.05, 0) is 36.4 Å². The molecule has 2 atom stereocenters. The first-order chi connectivity index (χ1) is 14.7. The lowest BCUT2D eigenvalue weighted by molar-refractivity contribution is -0.0191. The van der Waals surface area contributed by atoms with Gasteiger partial charge in [0, 0.05) is 23.1 Å². The van der Waals surface area contributed by atoms with E-state index in [0.29, 0.717) is 17.7 Å². The van der Waals surface area contributed by atoms with Gasteiger partial charge in [-0.3, -0.25) is 0 Å². The van der Waals surface area contributed by atoms with Crippen LogP contribution in [-0.2, 0) is 0 Å². The number of hydrazone groups is 1. The minimum Gasteiger partial charge on any atom is -0.507 e. The van der Waals surface area contributed by atoms with E-state index in [1.165, 1.54) is 0 Å². The maximum absolute atomic E-state index is 10.5. The van der Waals surface area contributed by atoms with Crippen LogP contribution in [0, 0.1) is 0 Å². The van der Waals surface area contributed by atoms with Crippen LogP contribution in [0.1, 0.15) is 35.4 Å². The molecular weight excluding hydrogens is 380 g/mol. The van der Waals surface area contributed by atoms with Crippen LogP contribution in [0.5, 0.6) is 23.0 Å². The Morgan fingerprint density at radius 2 is 1.77 bits per heavy atom. The quantitative estimate of drug-likeness (QED) is 0.688. The largest absolute Gasteiger partial charge is 0.507 e. The Hall–Kier alpha value is -3.67. The molecule has 30 heavy (non-hydrogen) atoms. The number of hydrogen-bond donors (Lipinski definition) is 1. The van der Waals surface area contributed by atoms with Gasteiger partial charge < -0.3 is 19.3 Å². The first-order valence-electron chi connectivity index (χ1n) is 9.80. The van der Waals surface area contributed by atoms with Crippen molar-refractivity contribution < 1.29 is 19.3 Å². The number of methoxy groups -OCH3 is 2. The monoisotopic (exact) mass is 402 g/mol. The van der Waals surface area contributed by atoms with Crippen LogP contribution >= 0.6 is 0 Å². The van der Waals surface area contributed by atoms with E-state index in [2.05, 4.69) is 6.07 Å². The Labute approximate surface area is 174 Å². The van der Waals surface area contributed by atoms with Crippen LogP contribution in [0.15, 0.2) is 71.8 Å². The lowest BCUT2D eigenvalue weighted by Gasteiger charge is -2.38. The highest BCUT2D eigenvalue weighted by molar-refractivity contribution is 6.04. The SMILES string of the molecule is COc1cccc([C@H]2Oc3ccccc3[C@H]3CC(c4cc(OC)ccc4O)=NN32)c1. The number of aromatic hydroxyl groups is 1. The van der Waals surface area contributed by atoms with Gasteiger partial charge in [0.15, 0.2) is 0 Å². The highest BCUT2D eigenvalue weighted by Crippen LogP contribution is 2.48. The molecule has 0 amide bonds. The fourth-order valence-electron chi connectivity index (χ4n) is 4.09. The minimum atomic E-state index is -0.398. The Morgan fingerprint density at radius 3 is 2.60 bits per heavy atom. The molecule has 6 nitrogen and oxygen atoms in total. The van der Waals surface area contributed by atoms with Crippen LogP contribution in [0.25, 0.3) is 0 Å². The second kappa shape index (κ2) is 7.30. The fourth-order valence-corrected chi connectivity index (χ4v) is 4.09. The van der Waals surface area contributed by atoms with Gasteiger partial charge in [0.1, 0.15) is 23.0 Å². The molecule has 0 fully saturated rings. The van der Waals surface area contributed by atoms with Crippen molar-refractivity contribution in [2.45, 2.75) is 18.7 Å². The molecule has 0 unspecified atom stereocenters. The summed E-state index contributed by atoms with van der Waals surface area (Å²) in [5.41, 5.74) is 3.50.